The van der Waals surface area contributed by atoms with E-state index in [0.29, 0.717) is 19.3 Å². The Hall–Kier alpha value is -0.630. The predicted molar refractivity (Wildman–Crippen MR) is 62.0 cm³/mol. The van der Waals surface area contributed by atoms with Gasteiger partial charge in [-0.3, -0.25) is 4.79 Å². The molecule has 0 radical (unpaired) electrons. The summed E-state index contributed by atoms with van der Waals surface area (Å²) in [6.07, 6.45) is 1.42. The van der Waals surface area contributed by atoms with Gasteiger partial charge >= 0.3 is 0 Å². The summed E-state index contributed by atoms with van der Waals surface area (Å²) in [6.45, 7) is 0. The number of hydrogen-bond acceptors (Lipinski definition) is 5. The molecule has 0 spiro atoms. The average molecular weight is 281 g/mol. The molecule has 2 atom stereocenters. The van der Waals surface area contributed by atoms with Crippen LogP contribution in [0.25, 0.3) is 0 Å². The van der Waals surface area contributed by atoms with Crippen LogP contribution in [0.15, 0.2) is 0 Å². The monoisotopic (exact) mass is 281 g/mol. The molecule has 98 valence electrons. The van der Waals surface area contributed by atoms with E-state index in [2.05, 4.69) is 0 Å². The summed E-state index contributed by atoms with van der Waals surface area (Å²) in [5, 5.41) is 0. The van der Waals surface area contributed by atoms with Gasteiger partial charge in [-0.15, -0.1) is 0 Å². The van der Waals surface area contributed by atoms with Crippen molar-refractivity contribution in [2.45, 2.75) is 24.9 Å². The molecule has 2 aliphatic rings. The second-order valence-electron chi connectivity index (χ2n) is 4.67. The van der Waals surface area contributed by atoms with Gasteiger partial charge in [0.15, 0.2) is 19.7 Å². The number of rotatable bonds is 3. The Morgan fingerprint density at radius 2 is 1.29 bits per heavy atom. The van der Waals surface area contributed by atoms with E-state index in [1.54, 1.807) is 0 Å². The van der Waals surface area contributed by atoms with E-state index in [9.17, 15) is 21.6 Å². The molecule has 1 amide bonds. The Labute approximate surface area is 101 Å². The summed E-state index contributed by atoms with van der Waals surface area (Å²) in [5.74, 6) is 0.0908. The van der Waals surface area contributed by atoms with Crippen molar-refractivity contribution in [3.63, 3.8) is 0 Å². The topological polar surface area (TPSA) is 88.6 Å². The molecule has 17 heavy (non-hydrogen) atoms. The lowest BCUT2D eigenvalue weighted by molar-refractivity contribution is -0.121. The van der Waals surface area contributed by atoms with Gasteiger partial charge in [0.1, 0.15) is 0 Å². The summed E-state index contributed by atoms with van der Waals surface area (Å²) in [4.78, 5) is 12.4. The van der Waals surface area contributed by atoms with E-state index in [1.165, 1.54) is 4.90 Å². The fourth-order valence-corrected chi connectivity index (χ4v) is 5.94. The van der Waals surface area contributed by atoms with Crippen LogP contribution in [0.2, 0.25) is 0 Å². The van der Waals surface area contributed by atoms with Crippen LogP contribution in [0.3, 0.4) is 0 Å². The van der Waals surface area contributed by atoms with Crippen molar-refractivity contribution in [2.75, 3.05) is 23.0 Å². The average Bonchev–Trinajstić information content (AvgIpc) is 2.72. The van der Waals surface area contributed by atoms with Crippen LogP contribution in [0.5, 0.6) is 0 Å². The Bertz CT molecular complexity index is 466. The van der Waals surface area contributed by atoms with Crippen molar-refractivity contribution in [1.29, 1.82) is 0 Å². The molecule has 2 fully saturated rings. The highest BCUT2D eigenvalue weighted by atomic mass is 32.2. The number of carbonyl (C=O) groups is 1. The van der Waals surface area contributed by atoms with Gasteiger partial charge in [0.05, 0.1) is 23.0 Å². The molecule has 0 unspecified atom stereocenters. The summed E-state index contributed by atoms with van der Waals surface area (Å²) >= 11 is 0. The Balaban J connectivity index is 2.11. The third kappa shape index (κ3) is 2.79. The molecule has 0 aliphatic carbocycles. The highest BCUT2D eigenvalue weighted by molar-refractivity contribution is 7.92. The van der Waals surface area contributed by atoms with Crippen LogP contribution in [0.1, 0.15) is 12.8 Å². The predicted octanol–water partition coefficient (Wildman–Crippen LogP) is -1.18. The first-order valence-electron chi connectivity index (χ1n) is 5.46. The van der Waals surface area contributed by atoms with Crippen LogP contribution in [-0.4, -0.2) is 63.2 Å². The molecule has 2 rings (SSSR count). The number of carbonyl (C=O) groups excluding carboxylic acids is 1. The van der Waals surface area contributed by atoms with Gasteiger partial charge in [0, 0.05) is 12.1 Å². The fraction of sp³-hybridized carbons (Fsp3) is 0.889. The first kappa shape index (κ1) is 12.8. The molecule has 6 nitrogen and oxygen atoms in total. The van der Waals surface area contributed by atoms with E-state index < -0.39 is 19.7 Å². The van der Waals surface area contributed by atoms with Crippen molar-refractivity contribution in [3.8, 4) is 0 Å². The summed E-state index contributed by atoms with van der Waals surface area (Å²) in [6, 6.07) is -0.702. The highest BCUT2D eigenvalue weighted by Gasteiger charge is 2.39. The normalized spacial score (nSPS) is 34.6. The molecule has 2 aliphatic heterocycles. The smallest absolute Gasteiger partial charge is 0.210 e. The number of amides is 1. The van der Waals surface area contributed by atoms with Gasteiger partial charge in [-0.05, 0) is 12.8 Å². The van der Waals surface area contributed by atoms with Gasteiger partial charge in [-0.25, -0.2) is 16.8 Å². The number of nitrogens with zero attached hydrogens (tertiary/aromatic N) is 1. The first-order valence-corrected chi connectivity index (χ1v) is 9.11. The van der Waals surface area contributed by atoms with Crippen LogP contribution < -0.4 is 0 Å². The zero-order chi connectivity index (χ0) is 12.7. The molecule has 0 aromatic rings. The maximum Gasteiger partial charge on any atom is 0.210 e. The number of sulfone groups is 2. The quantitative estimate of drug-likeness (QED) is 0.607. The molecular weight excluding hydrogens is 266 g/mol. The summed E-state index contributed by atoms with van der Waals surface area (Å²) in [7, 11) is -6.12. The SMILES string of the molecule is O=CN([C@@H]1CCS(=O)(=O)C1)[C@@H]1CCS(=O)(=O)C1. The minimum absolute atomic E-state index is 0.0394. The molecule has 0 saturated carbocycles. The minimum atomic E-state index is -3.06. The zero-order valence-corrected chi connectivity index (χ0v) is 10.9. The van der Waals surface area contributed by atoms with Crippen LogP contribution >= 0.6 is 0 Å². The maximum atomic E-state index is 11.3. The Morgan fingerprint density at radius 3 is 1.53 bits per heavy atom. The molecule has 2 saturated heterocycles. The van der Waals surface area contributed by atoms with Gasteiger partial charge in [0.25, 0.3) is 0 Å². The lowest BCUT2D eigenvalue weighted by atomic mass is 10.1. The van der Waals surface area contributed by atoms with Crippen LogP contribution in [0, 0.1) is 0 Å². The standard InChI is InChI=1S/C9H15NO5S2/c11-7-10(8-1-3-16(12,13)5-8)9-2-4-17(14,15)6-9/h7-9H,1-6H2/t8-,9-/m1/s1. The van der Waals surface area contributed by atoms with Gasteiger partial charge in [-0.1, -0.05) is 0 Å². The van der Waals surface area contributed by atoms with Gasteiger partial charge in [-0.2, -0.15) is 0 Å². The van der Waals surface area contributed by atoms with Crippen molar-refractivity contribution >= 4 is 26.1 Å². The van der Waals surface area contributed by atoms with Gasteiger partial charge < -0.3 is 4.90 Å². The third-order valence-electron chi connectivity index (χ3n) is 3.38. The Kier molecular flexibility index (Phi) is 3.19. The lowest BCUT2D eigenvalue weighted by Crippen LogP contribution is -2.43. The van der Waals surface area contributed by atoms with E-state index in [0.717, 1.165) is 0 Å². The second-order valence-corrected chi connectivity index (χ2v) is 9.12. The summed E-state index contributed by atoms with van der Waals surface area (Å²) in [5.41, 5.74) is 0. The van der Waals surface area contributed by atoms with E-state index in [1.807, 2.05) is 0 Å². The largest absolute Gasteiger partial charge is 0.337 e. The molecular formula is C9H15NO5S2. The molecule has 0 aromatic heterocycles. The zero-order valence-electron chi connectivity index (χ0n) is 9.28. The molecule has 0 bridgehead atoms. The lowest BCUT2D eigenvalue weighted by Gasteiger charge is -2.29. The summed E-state index contributed by atoms with van der Waals surface area (Å²) < 4.78 is 45.4. The van der Waals surface area contributed by atoms with Crippen molar-refractivity contribution in [3.05, 3.63) is 0 Å². The van der Waals surface area contributed by atoms with E-state index >= 15 is 0 Å². The van der Waals surface area contributed by atoms with E-state index in [-0.39, 0.29) is 35.1 Å². The third-order valence-corrected chi connectivity index (χ3v) is 6.88. The molecule has 8 heteroatoms. The maximum absolute atomic E-state index is 11.3. The Morgan fingerprint density at radius 1 is 0.882 bits per heavy atom. The van der Waals surface area contributed by atoms with Crippen molar-refractivity contribution in [1.82, 2.24) is 4.90 Å². The molecule has 0 aromatic carbocycles. The van der Waals surface area contributed by atoms with Crippen LogP contribution in [0.4, 0.5) is 0 Å². The fourth-order valence-electron chi connectivity index (χ4n) is 2.49. The number of hydrogen-bond donors (Lipinski definition) is 0. The molecule has 0 N–H and O–H groups in total. The second kappa shape index (κ2) is 4.24. The molecule has 2 heterocycles. The van der Waals surface area contributed by atoms with Crippen molar-refractivity contribution < 1.29 is 21.6 Å². The minimum Gasteiger partial charge on any atom is -0.337 e. The van der Waals surface area contributed by atoms with E-state index in [4.69, 9.17) is 0 Å². The highest BCUT2D eigenvalue weighted by Crippen LogP contribution is 2.24. The first-order chi connectivity index (χ1) is 7.83. The van der Waals surface area contributed by atoms with Crippen molar-refractivity contribution in [2.24, 2.45) is 0 Å². The van der Waals surface area contributed by atoms with Crippen LogP contribution in [-0.2, 0) is 24.5 Å². The van der Waals surface area contributed by atoms with Gasteiger partial charge in [0.2, 0.25) is 6.41 Å².